The molecule has 1 atom stereocenters. The van der Waals surface area contributed by atoms with Crippen molar-refractivity contribution in [3.8, 4) is 17.1 Å². The van der Waals surface area contributed by atoms with Crippen LogP contribution in [0.5, 0.6) is 5.75 Å². The lowest BCUT2D eigenvalue weighted by atomic mass is 10.2. The standard InChI is InChI=1S/C22H19BrClF3N6O2/c1-3-9-28-20(34)11(2)29-21-30-17-14(5-4-6-15(17)23)19-31-18(32-33(19)21)13-8-7-12(24)10-16(13)35-22(25,26)27/h4-8,10-11H,3,9H2,1-2H3,(H,28,34)(H,29,30)/t11-/m1/s1. The summed E-state index contributed by atoms with van der Waals surface area (Å²) in [5, 5.41) is 10.9. The molecule has 2 aromatic carbocycles. The smallest absolute Gasteiger partial charge is 0.405 e. The highest BCUT2D eigenvalue weighted by atomic mass is 79.9. The first-order valence-electron chi connectivity index (χ1n) is 10.5. The highest BCUT2D eigenvalue weighted by Crippen LogP contribution is 2.36. The van der Waals surface area contributed by atoms with Crippen LogP contribution in [0.25, 0.3) is 27.9 Å². The molecule has 0 unspecified atom stereocenters. The number of para-hydroxylation sites is 1. The predicted molar refractivity (Wildman–Crippen MR) is 130 cm³/mol. The van der Waals surface area contributed by atoms with E-state index in [1.165, 1.54) is 16.6 Å². The summed E-state index contributed by atoms with van der Waals surface area (Å²) < 4.78 is 45.3. The Morgan fingerprint density at radius 2 is 2.03 bits per heavy atom. The Balaban J connectivity index is 1.88. The Morgan fingerprint density at radius 1 is 1.26 bits per heavy atom. The molecule has 4 aromatic rings. The first kappa shape index (κ1) is 25.0. The van der Waals surface area contributed by atoms with E-state index in [0.29, 0.717) is 27.6 Å². The highest BCUT2D eigenvalue weighted by molar-refractivity contribution is 9.10. The number of rotatable bonds is 7. The lowest BCUT2D eigenvalue weighted by Crippen LogP contribution is -2.38. The van der Waals surface area contributed by atoms with E-state index in [0.717, 1.165) is 12.5 Å². The first-order chi connectivity index (χ1) is 16.6. The van der Waals surface area contributed by atoms with Crippen LogP contribution in [0.4, 0.5) is 19.1 Å². The number of anilines is 1. The van der Waals surface area contributed by atoms with Crippen molar-refractivity contribution in [3.63, 3.8) is 0 Å². The number of benzene rings is 2. The monoisotopic (exact) mass is 570 g/mol. The zero-order chi connectivity index (χ0) is 25.3. The van der Waals surface area contributed by atoms with Crippen LogP contribution in [0.1, 0.15) is 20.3 Å². The zero-order valence-electron chi connectivity index (χ0n) is 18.5. The predicted octanol–water partition coefficient (Wildman–Crippen LogP) is 5.59. The molecule has 0 bridgehead atoms. The van der Waals surface area contributed by atoms with Gasteiger partial charge >= 0.3 is 6.36 Å². The summed E-state index contributed by atoms with van der Waals surface area (Å²) in [4.78, 5) is 21.5. The molecule has 0 saturated carbocycles. The Kier molecular flexibility index (Phi) is 7.04. The van der Waals surface area contributed by atoms with E-state index in [1.54, 1.807) is 25.1 Å². The van der Waals surface area contributed by atoms with Gasteiger partial charge in [0.1, 0.15) is 11.8 Å². The van der Waals surface area contributed by atoms with Crippen molar-refractivity contribution in [3.05, 3.63) is 45.9 Å². The SMILES string of the molecule is CCCNC(=O)[C@@H](C)Nc1nc2c(Br)cccc2c2nc(-c3ccc(Cl)cc3OC(F)(F)F)nn12. The number of hydrogen-bond acceptors (Lipinski definition) is 6. The summed E-state index contributed by atoms with van der Waals surface area (Å²) in [7, 11) is 0. The van der Waals surface area contributed by atoms with Crippen LogP contribution in [-0.4, -0.2) is 44.4 Å². The van der Waals surface area contributed by atoms with Gasteiger partial charge in [-0.05, 0) is 59.6 Å². The van der Waals surface area contributed by atoms with Crippen LogP contribution in [0.2, 0.25) is 5.02 Å². The molecule has 0 fully saturated rings. The molecule has 2 aromatic heterocycles. The van der Waals surface area contributed by atoms with Crippen molar-refractivity contribution >= 4 is 55.9 Å². The Hall–Kier alpha value is -3.12. The van der Waals surface area contributed by atoms with Crippen molar-refractivity contribution in [1.29, 1.82) is 0 Å². The number of halogens is 5. The van der Waals surface area contributed by atoms with Crippen molar-refractivity contribution < 1.29 is 22.7 Å². The number of hydrogen-bond donors (Lipinski definition) is 2. The lowest BCUT2D eigenvalue weighted by Gasteiger charge is -2.15. The number of alkyl halides is 3. The van der Waals surface area contributed by atoms with Crippen LogP contribution in [0, 0.1) is 0 Å². The average Bonchev–Trinajstić information content (AvgIpc) is 3.23. The summed E-state index contributed by atoms with van der Waals surface area (Å²) >= 11 is 9.36. The molecule has 13 heteroatoms. The second-order valence-corrected chi connectivity index (χ2v) is 8.88. The van der Waals surface area contributed by atoms with Gasteiger partial charge in [0.2, 0.25) is 11.9 Å². The third-order valence-corrected chi connectivity index (χ3v) is 5.83. The number of nitrogens with one attached hydrogen (secondary N) is 2. The van der Waals surface area contributed by atoms with Gasteiger partial charge in [-0.3, -0.25) is 4.79 Å². The fraction of sp³-hybridized carbons (Fsp3) is 0.273. The van der Waals surface area contributed by atoms with E-state index < -0.39 is 18.2 Å². The van der Waals surface area contributed by atoms with Gasteiger partial charge in [-0.2, -0.15) is 4.52 Å². The summed E-state index contributed by atoms with van der Waals surface area (Å²) in [6, 6.07) is 8.45. The number of carbonyl (C=O) groups is 1. The number of amides is 1. The topological polar surface area (TPSA) is 93.4 Å². The molecule has 0 aliphatic carbocycles. The quantitative estimate of drug-likeness (QED) is 0.301. The fourth-order valence-corrected chi connectivity index (χ4v) is 3.97. The Labute approximate surface area is 211 Å². The van der Waals surface area contributed by atoms with Crippen molar-refractivity contribution in [2.75, 3.05) is 11.9 Å². The van der Waals surface area contributed by atoms with Gasteiger partial charge in [0.05, 0.1) is 11.1 Å². The van der Waals surface area contributed by atoms with E-state index in [9.17, 15) is 18.0 Å². The number of nitrogens with zero attached hydrogens (tertiary/aromatic N) is 4. The van der Waals surface area contributed by atoms with Gasteiger partial charge in [-0.15, -0.1) is 18.3 Å². The molecule has 184 valence electrons. The molecular weight excluding hydrogens is 553 g/mol. The molecule has 35 heavy (non-hydrogen) atoms. The molecule has 0 aliphatic heterocycles. The normalized spacial score (nSPS) is 12.7. The number of aromatic nitrogens is 4. The summed E-state index contributed by atoms with van der Waals surface area (Å²) in [5.41, 5.74) is 0.839. The van der Waals surface area contributed by atoms with Crippen LogP contribution in [0.15, 0.2) is 40.9 Å². The van der Waals surface area contributed by atoms with Crippen molar-refractivity contribution in [1.82, 2.24) is 24.9 Å². The molecule has 0 saturated heterocycles. The van der Waals surface area contributed by atoms with Gasteiger partial charge in [-0.25, -0.2) is 9.97 Å². The molecule has 2 N–H and O–H groups in total. The molecule has 2 heterocycles. The van der Waals surface area contributed by atoms with E-state index >= 15 is 0 Å². The van der Waals surface area contributed by atoms with Gasteiger partial charge in [0, 0.05) is 21.4 Å². The third-order valence-electron chi connectivity index (χ3n) is 4.95. The number of fused-ring (bicyclic) bond motifs is 3. The Morgan fingerprint density at radius 3 is 2.74 bits per heavy atom. The first-order valence-corrected chi connectivity index (χ1v) is 11.7. The van der Waals surface area contributed by atoms with Gasteiger partial charge in [0.25, 0.3) is 0 Å². The van der Waals surface area contributed by atoms with E-state index in [-0.39, 0.29) is 28.3 Å². The summed E-state index contributed by atoms with van der Waals surface area (Å²) in [6.07, 6.45) is -4.16. The van der Waals surface area contributed by atoms with Gasteiger partial charge < -0.3 is 15.4 Å². The van der Waals surface area contributed by atoms with Crippen LogP contribution in [0.3, 0.4) is 0 Å². The second-order valence-electron chi connectivity index (χ2n) is 7.59. The van der Waals surface area contributed by atoms with Crippen LogP contribution >= 0.6 is 27.5 Å². The Bertz CT molecular complexity index is 1410. The largest absolute Gasteiger partial charge is 0.573 e. The lowest BCUT2D eigenvalue weighted by molar-refractivity contribution is -0.274. The summed E-state index contributed by atoms with van der Waals surface area (Å²) in [6.45, 7) is 4.12. The van der Waals surface area contributed by atoms with E-state index in [2.05, 4.69) is 46.4 Å². The van der Waals surface area contributed by atoms with Crippen molar-refractivity contribution in [2.45, 2.75) is 32.7 Å². The minimum Gasteiger partial charge on any atom is -0.405 e. The highest BCUT2D eigenvalue weighted by Gasteiger charge is 2.33. The maximum Gasteiger partial charge on any atom is 0.573 e. The average molecular weight is 572 g/mol. The summed E-state index contributed by atoms with van der Waals surface area (Å²) in [5.74, 6) is -0.639. The molecular formula is C22H19BrClF3N6O2. The number of carbonyl (C=O) groups excluding carboxylic acids is 1. The zero-order valence-corrected chi connectivity index (χ0v) is 20.8. The van der Waals surface area contributed by atoms with Crippen molar-refractivity contribution in [2.24, 2.45) is 0 Å². The van der Waals surface area contributed by atoms with Crippen LogP contribution in [-0.2, 0) is 4.79 Å². The van der Waals surface area contributed by atoms with E-state index in [1.807, 2.05) is 6.92 Å². The molecule has 0 radical (unpaired) electrons. The molecule has 8 nitrogen and oxygen atoms in total. The second kappa shape index (κ2) is 9.86. The third kappa shape index (κ3) is 5.43. The van der Waals surface area contributed by atoms with Gasteiger partial charge in [-0.1, -0.05) is 24.6 Å². The minimum atomic E-state index is -4.94. The number of ether oxygens (including phenoxy) is 1. The van der Waals surface area contributed by atoms with Gasteiger partial charge in [0.15, 0.2) is 11.5 Å². The maximum absolute atomic E-state index is 13.0. The maximum atomic E-state index is 13.0. The van der Waals surface area contributed by atoms with Crippen LogP contribution < -0.4 is 15.4 Å². The molecule has 0 spiro atoms. The molecule has 4 rings (SSSR count). The minimum absolute atomic E-state index is 0.0155. The molecule has 0 aliphatic rings. The fourth-order valence-electron chi connectivity index (χ4n) is 3.35. The molecule has 1 amide bonds. The van der Waals surface area contributed by atoms with E-state index in [4.69, 9.17) is 11.6 Å².